The Kier molecular flexibility index (Phi) is 3.66. The van der Waals surface area contributed by atoms with Crippen LogP contribution in [-0.4, -0.2) is 36.2 Å². The minimum atomic E-state index is 0.00862. The quantitative estimate of drug-likeness (QED) is 0.860. The first-order chi connectivity index (χ1) is 9.95. The van der Waals surface area contributed by atoms with Gasteiger partial charge in [0, 0.05) is 5.69 Å². The van der Waals surface area contributed by atoms with Gasteiger partial charge >= 0.3 is 6.03 Å². The lowest BCUT2D eigenvalue weighted by atomic mass is 9.87. The molecule has 0 spiro atoms. The maximum absolute atomic E-state index is 12.5. The molecule has 4 heteroatoms. The predicted octanol–water partition coefficient (Wildman–Crippen LogP) is 3.38. The van der Waals surface area contributed by atoms with E-state index in [1.165, 1.54) is 5.56 Å². The monoisotopic (exact) mass is 288 g/mol. The topological polar surface area (TPSA) is 41.6 Å². The van der Waals surface area contributed by atoms with E-state index >= 15 is 0 Å². The smallest absolute Gasteiger partial charge is 0.322 e. The summed E-state index contributed by atoms with van der Waals surface area (Å²) in [5.74, 6) is 0. The summed E-state index contributed by atoms with van der Waals surface area (Å²) in [7, 11) is 0. The summed E-state index contributed by atoms with van der Waals surface area (Å²) in [5.41, 5.74) is 2.26. The number of morpholine rings is 1. The number of anilines is 1. The van der Waals surface area contributed by atoms with Crippen molar-refractivity contribution in [2.75, 3.05) is 18.5 Å². The Bertz CT molecular complexity index is 503. The molecule has 2 aliphatic rings. The van der Waals surface area contributed by atoms with Crippen LogP contribution in [0, 0.1) is 0 Å². The van der Waals surface area contributed by atoms with Crippen molar-refractivity contribution in [3.63, 3.8) is 0 Å². The molecule has 0 aromatic heterocycles. The fourth-order valence-electron chi connectivity index (χ4n) is 3.20. The van der Waals surface area contributed by atoms with Crippen LogP contribution in [0.15, 0.2) is 24.3 Å². The third-order valence-electron chi connectivity index (χ3n) is 4.48. The summed E-state index contributed by atoms with van der Waals surface area (Å²) < 4.78 is 5.52. The highest BCUT2D eigenvalue weighted by Crippen LogP contribution is 2.29. The molecule has 2 amide bonds. The van der Waals surface area contributed by atoms with Crippen LogP contribution in [0.5, 0.6) is 0 Å². The summed E-state index contributed by atoms with van der Waals surface area (Å²) >= 11 is 0. The standard InChI is InChI=1S/C17H24N2O2/c1-17(2,3)12-4-6-13(7-5-12)18-16(20)19-14-8-9-15(19)11-21-10-14/h4-7,14-15H,8-11H2,1-3H3,(H,18,20). The fraction of sp³-hybridized carbons (Fsp3) is 0.588. The average molecular weight is 288 g/mol. The fourth-order valence-corrected chi connectivity index (χ4v) is 3.20. The molecule has 2 bridgehead atoms. The van der Waals surface area contributed by atoms with Gasteiger partial charge < -0.3 is 15.0 Å². The van der Waals surface area contributed by atoms with Gasteiger partial charge in [0.05, 0.1) is 25.3 Å². The summed E-state index contributed by atoms with van der Waals surface area (Å²) in [6.07, 6.45) is 2.11. The van der Waals surface area contributed by atoms with E-state index in [4.69, 9.17) is 4.74 Å². The zero-order valence-corrected chi connectivity index (χ0v) is 13.1. The highest BCUT2D eigenvalue weighted by atomic mass is 16.5. The molecule has 4 nitrogen and oxygen atoms in total. The van der Waals surface area contributed by atoms with Gasteiger partial charge in [0.2, 0.25) is 0 Å². The number of carbonyl (C=O) groups is 1. The van der Waals surface area contributed by atoms with Crippen LogP contribution in [0.4, 0.5) is 10.5 Å². The van der Waals surface area contributed by atoms with E-state index in [0.717, 1.165) is 18.5 Å². The van der Waals surface area contributed by atoms with Gasteiger partial charge in [-0.15, -0.1) is 0 Å². The molecule has 114 valence electrons. The number of hydrogen-bond donors (Lipinski definition) is 1. The lowest BCUT2D eigenvalue weighted by Gasteiger charge is -2.34. The first-order valence-electron chi connectivity index (χ1n) is 7.73. The van der Waals surface area contributed by atoms with Crippen molar-refractivity contribution in [3.05, 3.63) is 29.8 Å². The number of urea groups is 1. The summed E-state index contributed by atoms with van der Waals surface area (Å²) in [6.45, 7) is 7.91. The van der Waals surface area contributed by atoms with E-state index in [1.807, 2.05) is 17.0 Å². The minimum absolute atomic E-state index is 0.00862. The number of amides is 2. The van der Waals surface area contributed by atoms with E-state index in [0.29, 0.717) is 13.2 Å². The Morgan fingerprint density at radius 3 is 2.24 bits per heavy atom. The molecule has 2 fully saturated rings. The Balaban J connectivity index is 1.68. The average Bonchev–Trinajstić information content (AvgIpc) is 2.68. The van der Waals surface area contributed by atoms with E-state index in [2.05, 4.69) is 38.2 Å². The van der Waals surface area contributed by atoms with Crippen molar-refractivity contribution < 1.29 is 9.53 Å². The van der Waals surface area contributed by atoms with Crippen molar-refractivity contribution >= 4 is 11.7 Å². The molecule has 0 saturated carbocycles. The minimum Gasteiger partial charge on any atom is -0.377 e. The molecule has 1 aromatic carbocycles. The molecule has 2 aliphatic heterocycles. The molecule has 2 unspecified atom stereocenters. The number of carbonyl (C=O) groups excluding carboxylic acids is 1. The lowest BCUT2D eigenvalue weighted by Crippen LogP contribution is -2.50. The van der Waals surface area contributed by atoms with Crippen molar-refractivity contribution in [2.24, 2.45) is 0 Å². The summed E-state index contributed by atoms with van der Waals surface area (Å²) in [5, 5.41) is 3.02. The van der Waals surface area contributed by atoms with Gasteiger partial charge in [0.25, 0.3) is 0 Å². The van der Waals surface area contributed by atoms with Crippen molar-refractivity contribution in [1.29, 1.82) is 0 Å². The molecule has 1 N–H and O–H groups in total. The molecule has 1 aromatic rings. The second-order valence-electron chi connectivity index (χ2n) is 7.09. The van der Waals surface area contributed by atoms with E-state index in [9.17, 15) is 4.79 Å². The van der Waals surface area contributed by atoms with Gasteiger partial charge in [-0.05, 0) is 36.0 Å². The largest absolute Gasteiger partial charge is 0.377 e. The van der Waals surface area contributed by atoms with Gasteiger partial charge in [0.15, 0.2) is 0 Å². The summed E-state index contributed by atoms with van der Waals surface area (Å²) in [6, 6.07) is 8.65. The SMILES string of the molecule is CC(C)(C)c1ccc(NC(=O)N2C3CCC2COC3)cc1. The van der Waals surface area contributed by atoms with Crippen LogP contribution in [0.1, 0.15) is 39.2 Å². The van der Waals surface area contributed by atoms with Gasteiger partial charge in [-0.3, -0.25) is 0 Å². The second kappa shape index (κ2) is 5.34. The van der Waals surface area contributed by atoms with Crippen LogP contribution in [0.3, 0.4) is 0 Å². The maximum atomic E-state index is 12.5. The van der Waals surface area contributed by atoms with Crippen molar-refractivity contribution in [1.82, 2.24) is 4.90 Å². The van der Waals surface area contributed by atoms with Crippen LogP contribution >= 0.6 is 0 Å². The number of ether oxygens (including phenoxy) is 1. The Morgan fingerprint density at radius 2 is 1.71 bits per heavy atom. The van der Waals surface area contributed by atoms with E-state index in [-0.39, 0.29) is 23.5 Å². The molecule has 3 rings (SSSR count). The number of fused-ring (bicyclic) bond motifs is 2. The van der Waals surface area contributed by atoms with Crippen LogP contribution in [0.2, 0.25) is 0 Å². The first kappa shape index (κ1) is 14.4. The number of nitrogens with zero attached hydrogens (tertiary/aromatic N) is 1. The van der Waals surface area contributed by atoms with Crippen LogP contribution in [-0.2, 0) is 10.2 Å². The van der Waals surface area contributed by atoms with Gasteiger partial charge in [-0.2, -0.15) is 0 Å². The van der Waals surface area contributed by atoms with Gasteiger partial charge in [-0.1, -0.05) is 32.9 Å². The van der Waals surface area contributed by atoms with Gasteiger partial charge in [0.1, 0.15) is 0 Å². The molecule has 0 radical (unpaired) electrons. The van der Waals surface area contributed by atoms with Gasteiger partial charge in [-0.25, -0.2) is 4.79 Å². The van der Waals surface area contributed by atoms with E-state index in [1.54, 1.807) is 0 Å². The summed E-state index contributed by atoms with van der Waals surface area (Å²) in [4.78, 5) is 14.4. The molecule has 21 heavy (non-hydrogen) atoms. The molecular formula is C17H24N2O2. The zero-order chi connectivity index (χ0) is 15.0. The van der Waals surface area contributed by atoms with E-state index < -0.39 is 0 Å². The van der Waals surface area contributed by atoms with Crippen LogP contribution in [0.25, 0.3) is 0 Å². The zero-order valence-electron chi connectivity index (χ0n) is 13.1. The number of nitrogens with one attached hydrogen (secondary N) is 1. The molecule has 2 saturated heterocycles. The molecule has 0 aliphatic carbocycles. The van der Waals surface area contributed by atoms with Crippen molar-refractivity contribution in [3.8, 4) is 0 Å². The second-order valence-corrected chi connectivity index (χ2v) is 7.09. The number of benzene rings is 1. The maximum Gasteiger partial charge on any atom is 0.322 e. The third-order valence-corrected chi connectivity index (χ3v) is 4.48. The normalized spacial score (nSPS) is 25.0. The Morgan fingerprint density at radius 1 is 1.14 bits per heavy atom. The number of hydrogen-bond acceptors (Lipinski definition) is 2. The highest BCUT2D eigenvalue weighted by Gasteiger charge is 2.40. The first-order valence-corrected chi connectivity index (χ1v) is 7.73. The lowest BCUT2D eigenvalue weighted by molar-refractivity contribution is 0.00949. The predicted molar refractivity (Wildman–Crippen MR) is 83.6 cm³/mol. The molecular weight excluding hydrogens is 264 g/mol. The Hall–Kier alpha value is -1.55. The highest BCUT2D eigenvalue weighted by molar-refractivity contribution is 5.90. The third kappa shape index (κ3) is 2.91. The molecule has 2 heterocycles. The Labute approximate surface area is 126 Å². The van der Waals surface area contributed by atoms with Crippen LogP contribution < -0.4 is 5.32 Å². The molecule has 2 atom stereocenters. The van der Waals surface area contributed by atoms with Crippen molar-refractivity contribution in [2.45, 2.75) is 51.1 Å². The number of rotatable bonds is 1.